The van der Waals surface area contributed by atoms with Gasteiger partial charge < -0.3 is 19.5 Å². The fraction of sp³-hybridized carbons (Fsp3) is 0.526. The van der Waals surface area contributed by atoms with Gasteiger partial charge in [-0.05, 0) is 19.9 Å². The third-order valence-corrected chi connectivity index (χ3v) is 5.41. The molecule has 1 amide bonds. The van der Waals surface area contributed by atoms with E-state index in [1.165, 1.54) is 13.2 Å². The van der Waals surface area contributed by atoms with Crippen molar-refractivity contribution in [3.63, 3.8) is 0 Å². The quantitative estimate of drug-likeness (QED) is 0.850. The van der Waals surface area contributed by atoms with Crippen LogP contribution in [0.4, 0.5) is 0 Å². The molecular formula is C19H25N5O3. The van der Waals surface area contributed by atoms with Gasteiger partial charge in [-0.3, -0.25) is 14.3 Å². The number of fused-ring (bicyclic) bond motifs is 1. The molecule has 0 aromatic carbocycles. The van der Waals surface area contributed by atoms with Crippen molar-refractivity contribution in [2.24, 2.45) is 0 Å². The summed E-state index contributed by atoms with van der Waals surface area (Å²) in [5.41, 5.74) is 3.26. The summed E-state index contributed by atoms with van der Waals surface area (Å²) in [7, 11) is 1.51. The Morgan fingerprint density at radius 1 is 1.26 bits per heavy atom. The highest BCUT2D eigenvalue weighted by molar-refractivity contribution is 5.98. The average Bonchev–Trinajstić information content (AvgIpc) is 2.80. The number of carbonyl (C=O) groups excluding carboxylic acids is 1. The van der Waals surface area contributed by atoms with Crippen LogP contribution in [0, 0.1) is 13.8 Å². The summed E-state index contributed by atoms with van der Waals surface area (Å²) in [5.74, 6) is 0.294. The van der Waals surface area contributed by atoms with E-state index >= 15 is 0 Å². The van der Waals surface area contributed by atoms with Gasteiger partial charge in [-0.25, -0.2) is 0 Å². The number of rotatable bonds is 3. The van der Waals surface area contributed by atoms with Gasteiger partial charge in [-0.15, -0.1) is 0 Å². The molecule has 1 saturated heterocycles. The Labute approximate surface area is 157 Å². The molecule has 2 aliphatic rings. The van der Waals surface area contributed by atoms with Crippen molar-refractivity contribution < 1.29 is 9.53 Å². The van der Waals surface area contributed by atoms with Gasteiger partial charge in [0.15, 0.2) is 0 Å². The predicted octanol–water partition coefficient (Wildman–Crippen LogP) is 0.513. The normalized spacial score (nSPS) is 17.2. The van der Waals surface area contributed by atoms with Crippen molar-refractivity contribution in [2.45, 2.75) is 32.9 Å². The van der Waals surface area contributed by atoms with Crippen LogP contribution in [-0.4, -0.2) is 58.4 Å². The number of nitrogens with one attached hydrogen (secondary N) is 1. The zero-order valence-electron chi connectivity index (χ0n) is 16.0. The SMILES string of the molecule is COc1cc(=O)n2c(c1C(=O)N1CC(n3nc(C)cc3C)C1)CCNCC2. The minimum atomic E-state index is -0.119. The maximum Gasteiger partial charge on any atom is 0.259 e. The van der Waals surface area contributed by atoms with E-state index in [1.807, 2.05) is 29.5 Å². The Bertz CT molecular complexity index is 940. The lowest BCUT2D eigenvalue weighted by atomic mass is 10.0. The molecular weight excluding hydrogens is 346 g/mol. The molecule has 1 N–H and O–H groups in total. The number of methoxy groups -OCH3 is 1. The third kappa shape index (κ3) is 3.03. The number of hydrogen-bond acceptors (Lipinski definition) is 5. The molecule has 27 heavy (non-hydrogen) atoms. The van der Waals surface area contributed by atoms with Crippen molar-refractivity contribution in [3.8, 4) is 5.75 Å². The second kappa shape index (κ2) is 6.84. The molecule has 2 aromatic rings. The highest BCUT2D eigenvalue weighted by atomic mass is 16.5. The first-order valence-corrected chi connectivity index (χ1v) is 9.33. The van der Waals surface area contributed by atoms with Crippen molar-refractivity contribution >= 4 is 5.91 Å². The first-order chi connectivity index (χ1) is 13.0. The zero-order valence-corrected chi connectivity index (χ0v) is 16.0. The van der Waals surface area contributed by atoms with Crippen LogP contribution in [0.2, 0.25) is 0 Å². The number of carbonyl (C=O) groups is 1. The van der Waals surface area contributed by atoms with E-state index in [4.69, 9.17) is 4.74 Å². The molecule has 4 heterocycles. The average molecular weight is 371 g/mol. The molecule has 0 radical (unpaired) electrons. The first kappa shape index (κ1) is 17.8. The maximum atomic E-state index is 13.2. The van der Waals surface area contributed by atoms with Gasteiger partial charge in [0, 0.05) is 56.6 Å². The van der Waals surface area contributed by atoms with Gasteiger partial charge in [0.25, 0.3) is 11.5 Å². The highest BCUT2D eigenvalue weighted by Gasteiger charge is 2.36. The molecule has 0 spiro atoms. The Kier molecular flexibility index (Phi) is 4.51. The van der Waals surface area contributed by atoms with Gasteiger partial charge in [0.2, 0.25) is 0 Å². The maximum absolute atomic E-state index is 13.2. The highest BCUT2D eigenvalue weighted by Crippen LogP contribution is 2.29. The van der Waals surface area contributed by atoms with Crippen molar-refractivity contribution in [1.29, 1.82) is 0 Å². The van der Waals surface area contributed by atoms with Crippen LogP contribution < -0.4 is 15.6 Å². The summed E-state index contributed by atoms with van der Waals surface area (Å²) in [5, 5.41) is 7.81. The lowest BCUT2D eigenvalue weighted by Gasteiger charge is -2.40. The first-order valence-electron chi connectivity index (χ1n) is 9.33. The standard InChI is InChI=1S/C19H25N5O3/c1-12-8-13(2)24(21-12)14-10-22(11-14)19(26)18-15-4-5-20-6-7-23(15)17(25)9-16(18)27-3/h8-9,14,20H,4-7,10-11H2,1-3H3. The fourth-order valence-corrected chi connectivity index (χ4v) is 4.04. The number of aryl methyl sites for hydroxylation is 2. The van der Waals surface area contributed by atoms with Gasteiger partial charge in [0.1, 0.15) is 11.3 Å². The lowest BCUT2D eigenvalue weighted by Crippen LogP contribution is -2.51. The van der Waals surface area contributed by atoms with Crippen LogP contribution in [0.5, 0.6) is 5.75 Å². The van der Waals surface area contributed by atoms with Crippen LogP contribution >= 0.6 is 0 Å². The van der Waals surface area contributed by atoms with Gasteiger partial charge >= 0.3 is 0 Å². The molecule has 2 aromatic heterocycles. The van der Waals surface area contributed by atoms with Crippen molar-refractivity contribution in [3.05, 3.63) is 45.1 Å². The molecule has 1 fully saturated rings. The minimum Gasteiger partial charge on any atom is -0.496 e. The Balaban J connectivity index is 1.63. The summed E-state index contributed by atoms with van der Waals surface area (Å²) >= 11 is 0. The molecule has 8 nitrogen and oxygen atoms in total. The molecule has 8 heteroatoms. The fourth-order valence-electron chi connectivity index (χ4n) is 4.04. The van der Waals surface area contributed by atoms with Crippen LogP contribution in [0.1, 0.15) is 33.5 Å². The van der Waals surface area contributed by atoms with E-state index in [0.29, 0.717) is 37.4 Å². The number of aromatic nitrogens is 3. The zero-order chi connectivity index (χ0) is 19.1. The summed E-state index contributed by atoms with van der Waals surface area (Å²) in [6, 6.07) is 3.67. The van der Waals surface area contributed by atoms with Crippen molar-refractivity contribution in [1.82, 2.24) is 24.6 Å². The molecule has 0 saturated carbocycles. The molecule has 4 rings (SSSR count). The third-order valence-electron chi connectivity index (χ3n) is 5.41. The lowest BCUT2D eigenvalue weighted by molar-refractivity contribution is 0.0492. The minimum absolute atomic E-state index is 0.0738. The smallest absolute Gasteiger partial charge is 0.259 e. The number of likely N-dealkylation sites (tertiary alicyclic amines) is 1. The van der Waals surface area contributed by atoms with E-state index in [1.54, 1.807) is 4.57 Å². The van der Waals surface area contributed by atoms with E-state index in [0.717, 1.165) is 30.2 Å². The molecule has 0 atom stereocenters. The summed E-state index contributed by atoms with van der Waals surface area (Å²) in [6.07, 6.45) is 0.627. The van der Waals surface area contributed by atoms with E-state index in [-0.39, 0.29) is 17.5 Å². The molecule has 0 bridgehead atoms. The summed E-state index contributed by atoms with van der Waals surface area (Å²) < 4.78 is 9.11. The molecule has 0 unspecified atom stereocenters. The Morgan fingerprint density at radius 3 is 2.70 bits per heavy atom. The second-order valence-electron chi connectivity index (χ2n) is 7.26. The largest absolute Gasteiger partial charge is 0.496 e. The molecule has 144 valence electrons. The summed E-state index contributed by atoms with van der Waals surface area (Å²) in [4.78, 5) is 27.5. The van der Waals surface area contributed by atoms with E-state index < -0.39 is 0 Å². The summed E-state index contributed by atoms with van der Waals surface area (Å²) in [6.45, 7) is 7.25. The Hall–Kier alpha value is -2.61. The van der Waals surface area contributed by atoms with Gasteiger partial charge in [-0.2, -0.15) is 5.10 Å². The predicted molar refractivity (Wildman–Crippen MR) is 100 cm³/mol. The number of ether oxygens (including phenoxy) is 1. The van der Waals surface area contributed by atoms with Gasteiger partial charge in [0.05, 0.1) is 18.8 Å². The number of hydrogen-bond donors (Lipinski definition) is 1. The molecule has 2 aliphatic heterocycles. The monoisotopic (exact) mass is 371 g/mol. The van der Waals surface area contributed by atoms with E-state index in [9.17, 15) is 9.59 Å². The van der Waals surface area contributed by atoms with Crippen LogP contribution in [-0.2, 0) is 13.0 Å². The number of nitrogens with zero attached hydrogens (tertiary/aromatic N) is 4. The topological polar surface area (TPSA) is 81.4 Å². The van der Waals surface area contributed by atoms with Crippen LogP contribution in [0.25, 0.3) is 0 Å². The van der Waals surface area contributed by atoms with Crippen molar-refractivity contribution in [2.75, 3.05) is 33.3 Å². The second-order valence-corrected chi connectivity index (χ2v) is 7.26. The van der Waals surface area contributed by atoms with E-state index in [2.05, 4.69) is 10.4 Å². The van der Waals surface area contributed by atoms with Crippen LogP contribution in [0.15, 0.2) is 16.9 Å². The number of amides is 1. The Morgan fingerprint density at radius 2 is 2.04 bits per heavy atom. The van der Waals surface area contributed by atoms with Crippen LogP contribution in [0.3, 0.4) is 0 Å². The molecule has 0 aliphatic carbocycles. The number of pyridine rings is 1. The van der Waals surface area contributed by atoms with Gasteiger partial charge in [-0.1, -0.05) is 0 Å².